The highest BCUT2D eigenvalue weighted by molar-refractivity contribution is 5.89. The number of hydrogen-bond acceptors (Lipinski definition) is 4. The van der Waals surface area contributed by atoms with Crippen LogP contribution < -0.4 is 5.32 Å². The smallest absolute Gasteiger partial charge is 0.337 e. The summed E-state index contributed by atoms with van der Waals surface area (Å²) in [7, 11) is 2.87. The predicted molar refractivity (Wildman–Crippen MR) is 84.3 cm³/mol. The average molecular weight is 322 g/mol. The number of amides is 2. The maximum atomic E-state index is 11.9. The molecule has 1 aromatic carbocycles. The van der Waals surface area contributed by atoms with Gasteiger partial charge >= 0.3 is 18.0 Å². The molecule has 2 N–H and O–H groups in total. The molecule has 1 aromatic rings. The van der Waals surface area contributed by atoms with E-state index < -0.39 is 17.9 Å². The Morgan fingerprint density at radius 1 is 1.35 bits per heavy atom. The van der Waals surface area contributed by atoms with E-state index in [1.54, 1.807) is 32.2 Å². The number of urea groups is 1. The summed E-state index contributed by atoms with van der Waals surface area (Å²) in [5.41, 5.74) is 1.36. The monoisotopic (exact) mass is 322 g/mol. The standard InChI is InChI=1S/C16H22N2O5/c1-11(14(19)20)10-18(2)16(22)17-8-7-12-5-4-6-13(9-12)15(21)23-3/h4-6,9,11H,7-8,10H2,1-3H3,(H,17,22)(H,19,20). The maximum Gasteiger partial charge on any atom is 0.337 e. The number of aliphatic carboxylic acids is 1. The van der Waals surface area contributed by atoms with Crippen molar-refractivity contribution in [1.82, 2.24) is 10.2 Å². The quantitative estimate of drug-likeness (QED) is 0.739. The summed E-state index contributed by atoms with van der Waals surface area (Å²) in [6, 6.07) is 6.66. The molecule has 0 fully saturated rings. The zero-order valence-electron chi connectivity index (χ0n) is 13.5. The van der Waals surface area contributed by atoms with Crippen LogP contribution in [-0.4, -0.2) is 55.2 Å². The minimum Gasteiger partial charge on any atom is -0.481 e. The Morgan fingerprint density at radius 2 is 2.04 bits per heavy atom. The fourth-order valence-corrected chi connectivity index (χ4v) is 1.99. The zero-order valence-corrected chi connectivity index (χ0v) is 13.5. The molecule has 0 aliphatic carbocycles. The molecule has 0 aromatic heterocycles. The fourth-order valence-electron chi connectivity index (χ4n) is 1.99. The van der Waals surface area contributed by atoms with Crippen LogP contribution in [0.25, 0.3) is 0 Å². The highest BCUT2D eigenvalue weighted by Gasteiger charge is 2.16. The molecule has 2 amide bonds. The third-order valence-electron chi connectivity index (χ3n) is 3.35. The largest absolute Gasteiger partial charge is 0.481 e. The molecule has 0 aliphatic rings. The highest BCUT2D eigenvalue weighted by atomic mass is 16.5. The summed E-state index contributed by atoms with van der Waals surface area (Å²) in [6.45, 7) is 2.07. The first-order valence-electron chi connectivity index (χ1n) is 7.24. The van der Waals surface area contributed by atoms with E-state index in [1.807, 2.05) is 6.07 Å². The third kappa shape index (κ3) is 5.98. The maximum absolute atomic E-state index is 11.9. The van der Waals surface area contributed by atoms with E-state index in [9.17, 15) is 14.4 Å². The second kappa shape index (κ2) is 8.77. The first-order chi connectivity index (χ1) is 10.8. The van der Waals surface area contributed by atoms with Crippen molar-refractivity contribution in [3.8, 4) is 0 Å². The van der Waals surface area contributed by atoms with Gasteiger partial charge in [0.1, 0.15) is 0 Å². The first-order valence-corrected chi connectivity index (χ1v) is 7.24. The Balaban J connectivity index is 2.46. The molecule has 7 heteroatoms. The number of carbonyl (C=O) groups excluding carboxylic acids is 2. The number of methoxy groups -OCH3 is 1. The van der Waals surface area contributed by atoms with Gasteiger partial charge in [0.05, 0.1) is 18.6 Å². The summed E-state index contributed by atoms with van der Waals surface area (Å²) in [5.74, 6) is -1.97. The molecule has 0 aliphatic heterocycles. The zero-order chi connectivity index (χ0) is 17.4. The van der Waals surface area contributed by atoms with Crippen LogP contribution in [0.5, 0.6) is 0 Å². The van der Waals surface area contributed by atoms with Gasteiger partial charge in [-0.05, 0) is 24.1 Å². The van der Waals surface area contributed by atoms with E-state index in [1.165, 1.54) is 12.0 Å². The average Bonchev–Trinajstić information content (AvgIpc) is 2.53. The van der Waals surface area contributed by atoms with E-state index in [2.05, 4.69) is 10.1 Å². The number of carboxylic acids is 1. The molecular weight excluding hydrogens is 300 g/mol. The van der Waals surface area contributed by atoms with E-state index in [0.29, 0.717) is 18.5 Å². The van der Waals surface area contributed by atoms with Gasteiger partial charge in [-0.3, -0.25) is 4.79 Å². The minimum atomic E-state index is -0.940. The second-order valence-corrected chi connectivity index (χ2v) is 5.29. The van der Waals surface area contributed by atoms with Crippen LogP contribution in [0.15, 0.2) is 24.3 Å². The molecule has 1 unspecified atom stereocenters. The van der Waals surface area contributed by atoms with Crippen LogP contribution in [0.4, 0.5) is 4.79 Å². The molecule has 126 valence electrons. The van der Waals surface area contributed by atoms with Crippen molar-refractivity contribution in [2.45, 2.75) is 13.3 Å². The van der Waals surface area contributed by atoms with Gasteiger partial charge in [-0.15, -0.1) is 0 Å². The minimum absolute atomic E-state index is 0.138. The summed E-state index contributed by atoms with van der Waals surface area (Å²) >= 11 is 0. The molecule has 0 bridgehead atoms. The molecule has 0 heterocycles. The van der Waals surface area contributed by atoms with Crippen molar-refractivity contribution in [1.29, 1.82) is 0 Å². The summed E-state index contributed by atoms with van der Waals surface area (Å²) < 4.78 is 4.66. The molecule has 0 saturated carbocycles. The van der Waals surface area contributed by atoms with Gasteiger partial charge in [0.25, 0.3) is 0 Å². The van der Waals surface area contributed by atoms with Crippen molar-refractivity contribution >= 4 is 18.0 Å². The number of nitrogens with one attached hydrogen (secondary N) is 1. The van der Waals surface area contributed by atoms with Crippen LogP contribution >= 0.6 is 0 Å². The van der Waals surface area contributed by atoms with Crippen LogP contribution in [-0.2, 0) is 16.0 Å². The molecule has 0 spiro atoms. The van der Waals surface area contributed by atoms with Crippen LogP contribution in [0.3, 0.4) is 0 Å². The molecule has 23 heavy (non-hydrogen) atoms. The van der Waals surface area contributed by atoms with E-state index >= 15 is 0 Å². The Morgan fingerprint density at radius 3 is 2.65 bits per heavy atom. The second-order valence-electron chi connectivity index (χ2n) is 5.29. The van der Waals surface area contributed by atoms with Gasteiger partial charge in [-0.1, -0.05) is 19.1 Å². The number of ether oxygens (including phenoxy) is 1. The van der Waals surface area contributed by atoms with Crippen molar-refractivity contribution in [2.24, 2.45) is 5.92 Å². The lowest BCUT2D eigenvalue weighted by molar-refractivity contribution is -0.141. The lowest BCUT2D eigenvalue weighted by Crippen LogP contribution is -2.41. The Labute approximate surface area is 135 Å². The molecule has 0 saturated heterocycles. The van der Waals surface area contributed by atoms with Crippen LogP contribution in [0.2, 0.25) is 0 Å². The van der Waals surface area contributed by atoms with Gasteiger partial charge in [0.2, 0.25) is 0 Å². The number of rotatable bonds is 7. The molecule has 1 atom stereocenters. The summed E-state index contributed by atoms with van der Waals surface area (Å²) in [6.07, 6.45) is 0.554. The number of esters is 1. The summed E-state index contributed by atoms with van der Waals surface area (Å²) in [5, 5.41) is 11.5. The SMILES string of the molecule is COC(=O)c1cccc(CCNC(=O)N(C)CC(C)C(=O)O)c1. The van der Waals surface area contributed by atoms with E-state index in [-0.39, 0.29) is 12.6 Å². The Hall–Kier alpha value is -2.57. The Bertz CT molecular complexity index is 573. The van der Waals surface area contributed by atoms with Crippen LogP contribution in [0.1, 0.15) is 22.8 Å². The lowest BCUT2D eigenvalue weighted by Gasteiger charge is -2.20. The van der Waals surface area contributed by atoms with Gasteiger partial charge in [0.15, 0.2) is 0 Å². The summed E-state index contributed by atoms with van der Waals surface area (Å²) in [4.78, 5) is 35.4. The number of carboxylic acid groups (broad SMARTS) is 1. The van der Waals surface area contributed by atoms with Gasteiger partial charge < -0.3 is 20.1 Å². The van der Waals surface area contributed by atoms with Crippen molar-refractivity contribution in [3.05, 3.63) is 35.4 Å². The molecule has 7 nitrogen and oxygen atoms in total. The highest BCUT2D eigenvalue weighted by Crippen LogP contribution is 2.07. The van der Waals surface area contributed by atoms with E-state index in [4.69, 9.17) is 5.11 Å². The number of nitrogens with zero attached hydrogens (tertiary/aromatic N) is 1. The Kier molecular flexibility index (Phi) is 7.05. The van der Waals surface area contributed by atoms with Crippen molar-refractivity contribution < 1.29 is 24.2 Å². The van der Waals surface area contributed by atoms with Crippen LogP contribution in [0, 0.1) is 5.92 Å². The lowest BCUT2D eigenvalue weighted by atomic mass is 10.1. The molecule has 1 rings (SSSR count). The van der Waals surface area contributed by atoms with Crippen molar-refractivity contribution in [2.75, 3.05) is 27.2 Å². The normalized spacial score (nSPS) is 11.4. The fraction of sp³-hybridized carbons (Fsp3) is 0.438. The first kappa shape index (κ1) is 18.5. The third-order valence-corrected chi connectivity index (χ3v) is 3.35. The van der Waals surface area contributed by atoms with Gasteiger partial charge in [-0.25, -0.2) is 9.59 Å². The van der Waals surface area contributed by atoms with Gasteiger partial charge in [-0.2, -0.15) is 0 Å². The van der Waals surface area contributed by atoms with E-state index in [0.717, 1.165) is 5.56 Å². The molecule has 0 radical (unpaired) electrons. The number of hydrogen-bond donors (Lipinski definition) is 2. The predicted octanol–water partition coefficient (Wildman–Crippen LogP) is 1.38. The number of benzene rings is 1. The topological polar surface area (TPSA) is 95.9 Å². The van der Waals surface area contributed by atoms with Gasteiger partial charge in [0, 0.05) is 20.1 Å². The van der Waals surface area contributed by atoms with Crippen molar-refractivity contribution in [3.63, 3.8) is 0 Å². The number of carbonyl (C=O) groups is 3. The molecular formula is C16H22N2O5.